The van der Waals surface area contributed by atoms with Crippen molar-refractivity contribution in [1.29, 1.82) is 0 Å². The van der Waals surface area contributed by atoms with Crippen molar-refractivity contribution in [2.75, 3.05) is 52.5 Å². The maximum atomic E-state index is 13.2. The van der Waals surface area contributed by atoms with Gasteiger partial charge in [-0.15, -0.1) is 5.48 Å². The first-order chi connectivity index (χ1) is 16.0. The summed E-state index contributed by atoms with van der Waals surface area (Å²) < 4.78 is 22.4. The molecule has 0 spiro atoms. The minimum Gasteiger partial charge on any atom is -0.495 e. The predicted octanol–water partition coefficient (Wildman–Crippen LogP) is 2.87. The Morgan fingerprint density at radius 2 is 1.76 bits per heavy atom. The second kappa shape index (κ2) is 10.5. The number of hydroxylamine groups is 1. The summed E-state index contributed by atoms with van der Waals surface area (Å²) in [5, 5.41) is 0. The summed E-state index contributed by atoms with van der Waals surface area (Å²) in [7, 11) is 4.61. The van der Waals surface area contributed by atoms with Crippen molar-refractivity contribution in [3.05, 3.63) is 52.0 Å². The van der Waals surface area contributed by atoms with Crippen molar-refractivity contribution in [3.63, 3.8) is 0 Å². The van der Waals surface area contributed by atoms with E-state index in [0.717, 1.165) is 24.3 Å². The molecule has 0 saturated carbocycles. The van der Waals surface area contributed by atoms with E-state index in [1.165, 1.54) is 7.11 Å². The van der Waals surface area contributed by atoms with Crippen LogP contribution in [0.4, 0.5) is 5.69 Å². The van der Waals surface area contributed by atoms with Crippen LogP contribution in [0.2, 0.25) is 0 Å². The normalized spacial score (nSPS) is 19.0. The number of rotatable bonds is 8. The highest BCUT2D eigenvalue weighted by molar-refractivity contribution is 9.10. The van der Waals surface area contributed by atoms with Crippen LogP contribution in [0.15, 0.2) is 45.9 Å². The van der Waals surface area contributed by atoms with E-state index in [4.69, 9.17) is 23.8 Å². The summed E-state index contributed by atoms with van der Waals surface area (Å²) in [4.78, 5) is 25.4. The van der Waals surface area contributed by atoms with E-state index in [9.17, 15) is 4.79 Å². The second-order valence-electron chi connectivity index (χ2n) is 7.46. The van der Waals surface area contributed by atoms with Gasteiger partial charge in [0.05, 0.1) is 27.4 Å². The lowest BCUT2D eigenvalue weighted by Gasteiger charge is -2.29. The van der Waals surface area contributed by atoms with Crippen LogP contribution >= 0.6 is 15.9 Å². The SMILES string of the molecule is COc1cc(C2=NC(C(=O)C(OC)c3ccc(N4CCOCC4)cc3)NO2)cc(OC)c1Br. The van der Waals surface area contributed by atoms with E-state index in [1.807, 2.05) is 24.3 Å². The van der Waals surface area contributed by atoms with Gasteiger partial charge >= 0.3 is 0 Å². The molecular formula is C23H26BrN3O6. The molecule has 1 fully saturated rings. The zero-order valence-corrected chi connectivity index (χ0v) is 20.3. The second-order valence-corrected chi connectivity index (χ2v) is 8.25. The molecule has 2 aliphatic heterocycles. The fraction of sp³-hybridized carbons (Fsp3) is 0.391. The number of morpholine rings is 1. The Balaban J connectivity index is 1.51. The molecule has 0 radical (unpaired) electrons. The molecule has 1 saturated heterocycles. The number of nitrogens with one attached hydrogen (secondary N) is 1. The van der Waals surface area contributed by atoms with Crippen molar-refractivity contribution in [2.24, 2.45) is 4.99 Å². The molecule has 10 heteroatoms. The van der Waals surface area contributed by atoms with Crippen LogP contribution in [0, 0.1) is 0 Å². The number of carbonyl (C=O) groups is 1. The highest BCUT2D eigenvalue weighted by Gasteiger charge is 2.33. The Hall–Kier alpha value is -2.66. The van der Waals surface area contributed by atoms with Crippen LogP contribution in [-0.4, -0.2) is 65.5 Å². The number of Topliss-reactive ketones (excluding diaryl/α,β-unsaturated/α-hetero) is 1. The Labute approximate surface area is 200 Å². The Kier molecular flexibility index (Phi) is 7.49. The summed E-state index contributed by atoms with van der Waals surface area (Å²) in [6.45, 7) is 3.12. The van der Waals surface area contributed by atoms with Crippen molar-refractivity contribution < 1.29 is 28.6 Å². The summed E-state index contributed by atoms with van der Waals surface area (Å²) in [5.41, 5.74) is 5.14. The third-order valence-corrected chi connectivity index (χ3v) is 6.32. The number of ketones is 1. The third kappa shape index (κ3) is 4.98. The molecular weight excluding hydrogens is 494 g/mol. The number of ether oxygens (including phenoxy) is 4. The van der Waals surface area contributed by atoms with Crippen molar-refractivity contribution in [3.8, 4) is 11.5 Å². The maximum absolute atomic E-state index is 13.2. The number of nitrogens with zero attached hydrogens (tertiary/aromatic N) is 2. The molecule has 0 amide bonds. The number of hydrogen-bond donors (Lipinski definition) is 1. The minimum atomic E-state index is -0.912. The van der Waals surface area contributed by atoms with Crippen LogP contribution < -0.4 is 19.9 Å². The molecule has 2 unspecified atom stereocenters. The molecule has 0 aromatic heterocycles. The summed E-state index contributed by atoms with van der Waals surface area (Å²) >= 11 is 3.44. The highest BCUT2D eigenvalue weighted by Crippen LogP contribution is 2.36. The molecule has 33 heavy (non-hydrogen) atoms. The number of anilines is 1. The van der Waals surface area contributed by atoms with Gasteiger partial charge in [-0.3, -0.25) is 4.79 Å². The van der Waals surface area contributed by atoms with E-state index in [2.05, 4.69) is 31.3 Å². The summed E-state index contributed by atoms with van der Waals surface area (Å²) in [5.74, 6) is 1.11. The van der Waals surface area contributed by atoms with Crippen molar-refractivity contribution >= 4 is 33.3 Å². The molecule has 9 nitrogen and oxygen atoms in total. The van der Waals surface area contributed by atoms with Crippen LogP contribution in [0.1, 0.15) is 17.2 Å². The zero-order chi connectivity index (χ0) is 23.4. The van der Waals surface area contributed by atoms with Gasteiger partial charge < -0.3 is 28.7 Å². The molecule has 2 aromatic rings. The fourth-order valence-corrected chi connectivity index (χ4v) is 4.32. The van der Waals surface area contributed by atoms with Crippen molar-refractivity contribution in [2.45, 2.75) is 12.3 Å². The minimum absolute atomic E-state index is 0.259. The fourth-order valence-electron chi connectivity index (χ4n) is 3.77. The zero-order valence-electron chi connectivity index (χ0n) is 18.7. The van der Waals surface area contributed by atoms with Gasteiger partial charge in [0.25, 0.3) is 0 Å². The first-order valence-electron chi connectivity index (χ1n) is 10.5. The lowest BCUT2D eigenvalue weighted by Crippen LogP contribution is -2.36. The Bertz CT molecular complexity index is 998. The summed E-state index contributed by atoms with van der Waals surface area (Å²) in [6, 6.07) is 11.3. The molecule has 2 heterocycles. The number of hydrogen-bond acceptors (Lipinski definition) is 9. The van der Waals surface area contributed by atoms with E-state index >= 15 is 0 Å². The average Bonchev–Trinajstić information content (AvgIpc) is 3.36. The Morgan fingerprint density at radius 1 is 1.12 bits per heavy atom. The third-order valence-electron chi connectivity index (χ3n) is 5.54. The van der Waals surface area contributed by atoms with E-state index < -0.39 is 12.3 Å². The monoisotopic (exact) mass is 519 g/mol. The first kappa shape index (κ1) is 23.5. The van der Waals surface area contributed by atoms with Gasteiger partial charge in [0.1, 0.15) is 22.1 Å². The van der Waals surface area contributed by atoms with Gasteiger partial charge in [-0.05, 0) is 45.8 Å². The van der Waals surface area contributed by atoms with Gasteiger partial charge in [0.2, 0.25) is 11.7 Å². The lowest BCUT2D eigenvalue weighted by atomic mass is 10.0. The van der Waals surface area contributed by atoms with Gasteiger partial charge in [-0.25, -0.2) is 4.99 Å². The molecule has 0 bridgehead atoms. The number of benzene rings is 2. The van der Waals surface area contributed by atoms with E-state index in [0.29, 0.717) is 34.7 Å². The van der Waals surface area contributed by atoms with E-state index in [-0.39, 0.29) is 11.7 Å². The quantitative estimate of drug-likeness (QED) is 0.569. The Morgan fingerprint density at radius 3 is 2.33 bits per heavy atom. The smallest absolute Gasteiger partial charge is 0.243 e. The van der Waals surface area contributed by atoms with Crippen LogP contribution in [0.5, 0.6) is 11.5 Å². The molecule has 4 rings (SSSR count). The van der Waals surface area contributed by atoms with Gasteiger partial charge in [-0.1, -0.05) is 12.1 Å². The van der Waals surface area contributed by atoms with Crippen LogP contribution in [0.25, 0.3) is 0 Å². The number of halogens is 1. The topological polar surface area (TPSA) is 90.9 Å². The maximum Gasteiger partial charge on any atom is 0.243 e. The molecule has 1 N–H and O–H groups in total. The van der Waals surface area contributed by atoms with Gasteiger partial charge in [0, 0.05) is 31.5 Å². The number of methoxy groups -OCH3 is 3. The summed E-state index contributed by atoms with van der Waals surface area (Å²) in [6.07, 6.45) is -1.70. The number of aliphatic imine (C=N–C) groups is 1. The number of carbonyl (C=O) groups excluding carboxylic acids is 1. The molecule has 2 atom stereocenters. The molecule has 2 aliphatic rings. The van der Waals surface area contributed by atoms with Gasteiger partial charge in [0.15, 0.2) is 6.17 Å². The van der Waals surface area contributed by atoms with E-state index in [1.54, 1.807) is 26.4 Å². The molecule has 176 valence electrons. The predicted molar refractivity (Wildman–Crippen MR) is 126 cm³/mol. The molecule has 2 aromatic carbocycles. The highest BCUT2D eigenvalue weighted by atomic mass is 79.9. The molecule has 0 aliphatic carbocycles. The van der Waals surface area contributed by atoms with Crippen LogP contribution in [0.3, 0.4) is 0 Å². The van der Waals surface area contributed by atoms with Crippen molar-refractivity contribution in [1.82, 2.24) is 5.48 Å². The lowest BCUT2D eigenvalue weighted by molar-refractivity contribution is -0.132. The van der Waals surface area contributed by atoms with Crippen LogP contribution in [-0.2, 0) is 19.1 Å². The standard InChI is InChI=1S/C23H26BrN3O6/c1-29-17-12-15(13-18(30-2)19(17)24)23-25-22(26-33-23)20(28)21(31-3)14-4-6-16(7-5-14)27-8-10-32-11-9-27/h4-7,12-13,21-22,26H,8-11H2,1-3H3. The van der Waals surface area contributed by atoms with Gasteiger partial charge in [-0.2, -0.15) is 0 Å². The average molecular weight is 520 g/mol. The first-order valence-corrected chi connectivity index (χ1v) is 11.3. The largest absolute Gasteiger partial charge is 0.495 e.